The second-order valence-corrected chi connectivity index (χ2v) is 7.87. The predicted octanol–water partition coefficient (Wildman–Crippen LogP) is 2.91. The summed E-state index contributed by atoms with van der Waals surface area (Å²) in [5, 5.41) is -1.44. The van der Waals surface area contributed by atoms with Gasteiger partial charge in [-0.3, -0.25) is 9.40 Å². The molecule has 4 N–H and O–H groups in total. The van der Waals surface area contributed by atoms with E-state index in [1.165, 1.54) is 0 Å². The van der Waals surface area contributed by atoms with Crippen molar-refractivity contribution in [2.24, 2.45) is 17.7 Å². The van der Waals surface area contributed by atoms with Gasteiger partial charge in [-0.25, -0.2) is 5.90 Å². The van der Waals surface area contributed by atoms with Crippen molar-refractivity contribution in [3.63, 3.8) is 0 Å². The highest BCUT2D eigenvalue weighted by molar-refractivity contribution is 7.53. The zero-order chi connectivity index (χ0) is 13.9. The molecular formula is C13H26NO4P. The van der Waals surface area contributed by atoms with E-state index in [1.807, 2.05) is 0 Å². The van der Waals surface area contributed by atoms with Crippen molar-refractivity contribution in [1.29, 1.82) is 0 Å². The van der Waals surface area contributed by atoms with Crippen LogP contribution in [-0.2, 0) is 9.40 Å². The van der Waals surface area contributed by atoms with Crippen LogP contribution in [0.4, 0.5) is 0 Å². The van der Waals surface area contributed by atoms with Crippen LogP contribution in [0.5, 0.6) is 0 Å². The van der Waals surface area contributed by atoms with Gasteiger partial charge in [-0.2, -0.15) is 0 Å². The predicted molar refractivity (Wildman–Crippen MR) is 73.2 cm³/mol. The Hall–Kier alpha value is 0.0700. The summed E-state index contributed by atoms with van der Waals surface area (Å²) in [7, 11) is -4.39. The molecule has 0 aliphatic heterocycles. The third-order valence-corrected chi connectivity index (χ3v) is 6.77. The summed E-state index contributed by atoms with van der Waals surface area (Å²) in [6.07, 6.45) is 9.62. The van der Waals surface area contributed by atoms with E-state index in [9.17, 15) is 14.4 Å². The highest BCUT2D eigenvalue weighted by atomic mass is 31.2. The highest BCUT2D eigenvalue weighted by Gasteiger charge is 2.58. The number of rotatable bonds is 4. The molecule has 0 heterocycles. The molecule has 2 rings (SSSR count). The van der Waals surface area contributed by atoms with Gasteiger partial charge in [0, 0.05) is 11.8 Å². The first-order chi connectivity index (χ1) is 9.02. The van der Waals surface area contributed by atoms with Crippen LogP contribution < -0.4 is 5.90 Å². The standard InChI is InChI=1S/C13H26NO4P/c14-18-13(19(15,16)17,11-7-3-1-4-8-11)12-9-5-2-6-10-12/h11-12H,1-10,14H2,(H2,15,16,17). The first-order valence-corrected chi connectivity index (χ1v) is 9.07. The smallest absolute Gasteiger partial charge is 0.322 e. The minimum Gasteiger partial charge on any atom is -0.322 e. The van der Waals surface area contributed by atoms with Crippen molar-refractivity contribution in [2.75, 3.05) is 0 Å². The van der Waals surface area contributed by atoms with E-state index in [4.69, 9.17) is 10.7 Å². The fraction of sp³-hybridized carbons (Fsp3) is 1.00. The van der Waals surface area contributed by atoms with Gasteiger partial charge in [0.25, 0.3) is 0 Å². The molecule has 0 aromatic carbocycles. The van der Waals surface area contributed by atoms with Gasteiger partial charge in [-0.1, -0.05) is 38.5 Å². The maximum Gasteiger partial charge on any atom is 0.359 e. The Balaban J connectivity index is 2.31. The molecule has 0 atom stereocenters. The molecule has 2 aliphatic carbocycles. The lowest BCUT2D eigenvalue weighted by atomic mass is 9.74. The molecule has 2 aliphatic rings. The lowest BCUT2D eigenvalue weighted by Crippen LogP contribution is -2.50. The Morgan fingerprint density at radius 2 is 1.26 bits per heavy atom. The van der Waals surface area contributed by atoms with Crippen LogP contribution in [0.3, 0.4) is 0 Å². The van der Waals surface area contributed by atoms with Crippen molar-refractivity contribution in [2.45, 2.75) is 69.6 Å². The molecule has 0 saturated heterocycles. The summed E-state index contributed by atoms with van der Waals surface area (Å²) in [6, 6.07) is 0. The van der Waals surface area contributed by atoms with E-state index in [0.717, 1.165) is 64.2 Å². The van der Waals surface area contributed by atoms with Crippen LogP contribution in [0.1, 0.15) is 64.2 Å². The van der Waals surface area contributed by atoms with Crippen molar-refractivity contribution < 1.29 is 19.2 Å². The van der Waals surface area contributed by atoms with Gasteiger partial charge in [-0.15, -0.1) is 0 Å². The van der Waals surface area contributed by atoms with Crippen molar-refractivity contribution in [3.05, 3.63) is 0 Å². The minimum atomic E-state index is -4.39. The summed E-state index contributed by atoms with van der Waals surface area (Å²) >= 11 is 0. The minimum absolute atomic E-state index is 0.102. The zero-order valence-electron chi connectivity index (χ0n) is 11.5. The van der Waals surface area contributed by atoms with E-state index >= 15 is 0 Å². The molecule has 6 heteroatoms. The molecule has 2 saturated carbocycles. The van der Waals surface area contributed by atoms with Crippen molar-refractivity contribution >= 4 is 7.60 Å². The van der Waals surface area contributed by atoms with Gasteiger partial charge in [0.15, 0.2) is 5.34 Å². The molecule has 19 heavy (non-hydrogen) atoms. The van der Waals surface area contributed by atoms with E-state index in [1.54, 1.807) is 0 Å². The fourth-order valence-corrected chi connectivity index (χ4v) is 5.71. The Bertz CT molecular complexity index is 314. The fourth-order valence-electron chi connectivity index (χ4n) is 4.10. The molecule has 0 amide bonds. The second-order valence-electron chi connectivity index (χ2n) is 6.08. The average Bonchev–Trinajstić information content (AvgIpc) is 2.41. The molecule has 2 fully saturated rings. The molecule has 0 unspecified atom stereocenters. The largest absolute Gasteiger partial charge is 0.359 e. The molecule has 0 aromatic rings. The average molecular weight is 291 g/mol. The molecule has 112 valence electrons. The molecule has 0 bridgehead atoms. The summed E-state index contributed by atoms with van der Waals surface area (Å²) in [5.74, 6) is 5.26. The van der Waals surface area contributed by atoms with Crippen molar-refractivity contribution in [3.8, 4) is 0 Å². The Morgan fingerprint density at radius 1 is 0.895 bits per heavy atom. The van der Waals surface area contributed by atoms with Crippen molar-refractivity contribution in [1.82, 2.24) is 0 Å². The van der Waals surface area contributed by atoms with Gasteiger partial charge in [0.2, 0.25) is 0 Å². The Labute approximate surface area is 115 Å². The highest BCUT2D eigenvalue weighted by Crippen LogP contribution is 2.63. The number of nitrogens with two attached hydrogens (primary N) is 1. The zero-order valence-corrected chi connectivity index (χ0v) is 12.4. The lowest BCUT2D eigenvalue weighted by molar-refractivity contribution is -0.0989. The summed E-state index contributed by atoms with van der Waals surface area (Å²) < 4.78 is 12.2. The molecule has 0 radical (unpaired) electrons. The summed E-state index contributed by atoms with van der Waals surface area (Å²) in [5.41, 5.74) is 0. The van der Waals surface area contributed by atoms with E-state index < -0.39 is 12.9 Å². The van der Waals surface area contributed by atoms with Gasteiger partial charge < -0.3 is 9.79 Å². The first kappa shape index (κ1) is 15.5. The quantitative estimate of drug-likeness (QED) is 0.547. The molecule has 0 spiro atoms. The third-order valence-electron chi connectivity index (χ3n) is 5.02. The second kappa shape index (κ2) is 6.23. The SMILES string of the molecule is NOC(C1CCCCC1)(C1CCCCC1)P(=O)(O)O. The number of hydrogen-bond donors (Lipinski definition) is 3. The monoisotopic (exact) mass is 291 g/mol. The Kier molecular flexibility index (Phi) is 5.07. The van der Waals surface area contributed by atoms with Crippen LogP contribution in [0.15, 0.2) is 0 Å². The van der Waals surface area contributed by atoms with E-state index in [2.05, 4.69) is 0 Å². The summed E-state index contributed by atoms with van der Waals surface area (Å²) in [6.45, 7) is 0. The van der Waals surface area contributed by atoms with Crippen LogP contribution in [0, 0.1) is 11.8 Å². The molecular weight excluding hydrogens is 265 g/mol. The summed E-state index contributed by atoms with van der Waals surface area (Å²) in [4.78, 5) is 25.0. The molecule has 0 aromatic heterocycles. The lowest BCUT2D eigenvalue weighted by Gasteiger charge is -2.46. The Morgan fingerprint density at radius 3 is 1.53 bits per heavy atom. The van der Waals surface area contributed by atoms with Crippen LogP contribution in [-0.4, -0.2) is 15.1 Å². The van der Waals surface area contributed by atoms with Gasteiger partial charge in [0.1, 0.15) is 0 Å². The van der Waals surface area contributed by atoms with Crippen LogP contribution in [0.25, 0.3) is 0 Å². The van der Waals surface area contributed by atoms with E-state index in [-0.39, 0.29) is 11.8 Å². The molecule has 5 nitrogen and oxygen atoms in total. The maximum atomic E-state index is 12.2. The first-order valence-electron chi connectivity index (χ1n) is 7.46. The normalized spacial score (nSPS) is 24.6. The van der Waals surface area contributed by atoms with Gasteiger partial charge in [-0.05, 0) is 25.7 Å². The maximum absolute atomic E-state index is 12.2. The number of hydrogen-bond acceptors (Lipinski definition) is 3. The third kappa shape index (κ3) is 2.91. The van der Waals surface area contributed by atoms with Gasteiger partial charge in [0.05, 0.1) is 0 Å². The topological polar surface area (TPSA) is 92.8 Å². The van der Waals surface area contributed by atoms with Crippen LogP contribution >= 0.6 is 7.60 Å². The van der Waals surface area contributed by atoms with Gasteiger partial charge >= 0.3 is 7.60 Å². The van der Waals surface area contributed by atoms with E-state index in [0.29, 0.717) is 0 Å². The van der Waals surface area contributed by atoms with Crippen LogP contribution in [0.2, 0.25) is 0 Å².